The van der Waals surface area contributed by atoms with Crippen LogP contribution in [0, 0.1) is 11.3 Å². The Kier molecular flexibility index (Phi) is 6.64. The van der Waals surface area contributed by atoms with E-state index in [0.717, 1.165) is 0 Å². The van der Waals surface area contributed by atoms with Gasteiger partial charge in [-0.25, -0.2) is 4.79 Å². The molecule has 0 aliphatic carbocycles. The molecule has 0 saturated carbocycles. The van der Waals surface area contributed by atoms with E-state index in [1.165, 1.54) is 40.2 Å². The van der Waals surface area contributed by atoms with Gasteiger partial charge in [-0.3, -0.25) is 0 Å². The van der Waals surface area contributed by atoms with Crippen LogP contribution in [0.2, 0.25) is 0 Å². The lowest BCUT2D eigenvalue weighted by molar-refractivity contribution is -0.136. The van der Waals surface area contributed by atoms with Crippen molar-refractivity contribution >= 4 is 17.7 Å². The average molecular weight is 390 g/mol. The fourth-order valence-electron chi connectivity index (χ4n) is 3.06. The number of nitrogens with one attached hydrogen (secondary N) is 1. The molecule has 1 aromatic rings. The van der Waals surface area contributed by atoms with E-state index in [-0.39, 0.29) is 0 Å². The maximum absolute atomic E-state index is 12.5. The zero-order valence-corrected chi connectivity index (χ0v) is 16.9. The summed E-state index contributed by atoms with van der Waals surface area (Å²) in [5, 5.41) is 13.6. The molecule has 0 aromatic heterocycles. The lowest BCUT2D eigenvalue weighted by Crippen LogP contribution is -2.28. The van der Waals surface area contributed by atoms with Gasteiger partial charge in [0, 0.05) is 5.70 Å². The van der Waals surface area contributed by atoms with Gasteiger partial charge < -0.3 is 24.3 Å². The summed E-state index contributed by atoms with van der Waals surface area (Å²) in [7, 11) is 5.86. The van der Waals surface area contributed by atoms with E-state index in [0.29, 0.717) is 44.7 Å². The molecule has 0 bridgehead atoms. The number of carbonyl (C=O) groups is 1. The number of allylic oxidation sites excluding steroid dienone is 2. The maximum atomic E-state index is 12.5. The molecule has 0 amide bonds. The zero-order valence-electron chi connectivity index (χ0n) is 16.1. The second kappa shape index (κ2) is 8.73. The number of methoxy groups -OCH3 is 4. The Morgan fingerprint density at radius 2 is 1.74 bits per heavy atom. The number of nitrogens with zero attached hydrogens (tertiary/aromatic N) is 1. The molecule has 1 unspecified atom stereocenters. The molecule has 1 atom stereocenters. The molecule has 0 spiro atoms. The smallest absolute Gasteiger partial charge is 0.336 e. The van der Waals surface area contributed by atoms with E-state index in [1.807, 2.05) is 6.26 Å². The van der Waals surface area contributed by atoms with Crippen LogP contribution in [-0.2, 0) is 9.53 Å². The molecule has 7 nitrogen and oxygen atoms in total. The molecular formula is C19H22N2O5S. The van der Waals surface area contributed by atoms with Crippen LogP contribution >= 0.6 is 11.8 Å². The minimum Gasteiger partial charge on any atom is -0.493 e. The second-order valence-corrected chi connectivity index (χ2v) is 6.42. The third-order valence-electron chi connectivity index (χ3n) is 4.28. The summed E-state index contributed by atoms with van der Waals surface area (Å²) in [4.78, 5) is 12.5. The summed E-state index contributed by atoms with van der Waals surface area (Å²) >= 11 is 1.40. The van der Waals surface area contributed by atoms with Gasteiger partial charge in [0.25, 0.3) is 0 Å². The van der Waals surface area contributed by atoms with Gasteiger partial charge in [0.05, 0.1) is 56.6 Å². The summed E-state index contributed by atoms with van der Waals surface area (Å²) < 4.78 is 21.2. The predicted molar refractivity (Wildman–Crippen MR) is 103 cm³/mol. The molecule has 0 saturated heterocycles. The van der Waals surface area contributed by atoms with Crippen molar-refractivity contribution in [2.75, 3.05) is 34.7 Å². The van der Waals surface area contributed by atoms with E-state index in [2.05, 4.69) is 11.4 Å². The minimum absolute atomic E-state index is 0.362. The maximum Gasteiger partial charge on any atom is 0.336 e. The second-order valence-electron chi connectivity index (χ2n) is 5.61. The van der Waals surface area contributed by atoms with Crippen molar-refractivity contribution in [3.8, 4) is 23.3 Å². The molecule has 2 rings (SSSR count). The topological polar surface area (TPSA) is 89.8 Å². The molecule has 1 heterocycles. The van der Waals surface area contributed by atoms with Crippen LogP contribution in [0.5, 0.6) is 17.2 Å². The van der Waals surface area contributed by atoms with Crippen molar-refractivity contribution < 1.29 is 23.7 Å². The Morgan fingerprint density at radius 3 is 2.15 bits per heavy atom. The van der Waals surface area contributed by atoms with Gasteiger partial charge in [-0.1, -0.05) is 0 Å². The fraction of sp³-hybridized carbons (Fsp3) is 0.368. The molecule has 1 N–H and O–H groups in total. The molecular weight excluding hydrogens is 368 g/mol. The van der Waals surface area contributed by atoms with Crippen LogP contribution in [0.4, 0.5) is 0 Å². The number of esters is 1. The lowest BCUT2D eigenvalue weighted by Gasteiger charge is -2.29. The fourth-order valence-corrected chi connectivity index (χ4v) is 3.69. The molecule has 1 aromatic carbocycles. The van der Waals surface area contributed by atoms with Crippen LogP contribution in [0.1, 0.15) is 18.4 Å². The van der Waals surface area contributed by atoms with Crippen molar-refractivity contribution in [3.63, 3.8) is 0 Å². The van der Waals surface area contributed by atoms with E-state index in [4.69, 9.17) is 18.9 Å². The standard InChI is InChI=1S/C19H22N2O5S/c1-10-15(19(22)26-5)16(12(9-20)18(21-10)27-6)11-7-13(23-2)17(25-4)14(8-11)24-3/h7-8,16,21H,1-6H3. The highest BCUT2D eigenvalue weighted by Gasteiger charge is 2.36. The molecule has 1 aliphatic heterocycles. The molecule has 27 heavy (non-hydrogen) atoms. The van der Waals surface area contributed by atoms with Gasteiger partial charge in [-0.2, -0.15) is 5.26 Å². The first-order chi connectivity index (χ1) is 13.0. The number of ether oxygens (including phenoxy) is 4. The Bertz CT molecular complexity index is 829. The number of carbonyl (C=O) groups excluding carboxylic acids is 1. The van der Waals surface area contributed by atoms with Crippen LogP contribution in [-0.4, -0.2) is 40.7 Å². The van der Waals surface area contributed by atoms with E-state index < -0.39 is 11.9 Å². The number of nitriles is 1. The van der Waals surface area contributed by atoms with Crippen LogP contribution < -0.4 is 19.5 Å². The van der Waals surface area contributed by atoms with Gasteiger partial charge in [0.15, 0.2) is 11.5 Å². The van der Waals surface area contributed by atoms with Crippen LogP contribution in [0.3, 0.4) is 0 Å². The van der Waals surface area contributed by atoms with Gasteiger partial charge in [0.1, 0.15) is 0 Å². The molecule has 0 radical (unpaired) electrons. The number of rotatable bonds is 6. The molecule has 0 fully saturated rings. The van der Waals surface area contributed by atoms with Crippen LogP contribution in [0.15, 0.2) is 34.0 Å². The van der Waals surface area contributed by atoms with Gasteiger partial charge in [-0.15, -0.1) is 11.8 Å². The van der Waals surface area contributed by atoms with Crippen molar-refractivity contribution in [2.24, 2.45) is 0 Å². The van der Waals surface area contributed by atoms with Crippen molar-refractivity contribution in [2.45, 2.75) is 12.8 Å². The van der Waals surface area contributed by atoms with Crippen molar-refractivity contribution in [3.05, 3.63) is 39.6 Å². The highest BCUT2D eigenvalue weighted by Crippen LogP contribution is 2.46. The summed E-state index contributed by atoms with van der Waals surface area (Å²) in [5.74, 6) is 0.183. The number of hydrogen-bond donors (Lipinski definition) is 1. The first-order valence-electron chi connectivity index (χ1n) is 8.01. The van der Waals surface area contributed by atoms with E-state index in [1.54, 1.807) is 19.1 Å². The Labute approximate surface area is 162 Å². The Morgan fingerprint density at radius 1 is 1.15 bits per heavy atom. The third kappa shape index (κ3) is 3.69. The average Bonchev–Trinajstić information content (AvgIpc) is 2.70. The van der Waals surface area contributed by atoms with Crippen LogP contribution in [0.25, 0.3) is 0 Å². The molecule has 8 heteroatoms. The van der Waals surface area contributed by atoms with E-state index in [9.17, 15) is 10.1 Å². The largest absolute Gasteiger partial charge is 0.493 e. The first-order valence-corrected chi connectivity index (χ1v) is 9.24. The zero-order chi connectivity index (χ0) is 20.1. The summed E-state index contributed by atoms with van der Waals surface area (Å²) in [6.07, 6.45) is 1.86. The first kappa shape index (κ1) is 20.5. The highest BCUT2D eigenvalue weighted by atomic mass is 32.2. The summed E-state index contributed by atoms with van der Waals surface area (Å²) in [6, 6.07) is 5.71. The lowest BCUT2D eigenvalue weighted by atomic mass is 9.82. The quantitative estimate of drug-likeness (QED) is 0.742. The summed E-state index contributed by atoms with van der Waals surface area (Å²) in [5.41, 5.74) is 2.07. The van der Waals surface area contributed by atoms with Gasteiger partial charge in [0.2, 0.25) is 5.75 Å². The number of benzene rings is 1. The monoisotopic (exact) mass is 390 g/mol. The van der Waals surface area contributed by atoms with Crippen molar-refractivity contribution in [1.29, 1.82) is 5.26 Å². The minimum atomic E-state index is -0.625. The Balaban J connectivity index is 2.80. The predicted octanol–water partition coefficient (Wildman–Crippen LogP) is 2.94. The number of dihydropyridines is 1. The number of thioether (sulfide) groups is 1. The normalized spacial score (nSPS) is 16.4. The third-order valence-corrected chi connectivity index (χ3v) is 5.01. The van der Waals surface area contributed by atoms with Crippen molar-refractivity contribution in [1.82, 2.24) is 5.32 Å². The molecule has 1 aliphatic rings. The Hall–Kier alpha value is -2.79. The summed E-state index contributed by atoms with van der Waals surface area (Å²) in [6.45, 7) is 1.78. The highest BCUT2D eigenvalue weighted by molar-refractivity contribution is 8.02. The SMILES string of the molecule is COC(=O)C1=C(C)NC(SC)=C(C#N)C1c1cc(OC)c(OC)c(OC)c1. The number of hydrogen-bond acceptors (Lipinski definition) is 8. The van der Waals surface area contributed by atoms with Gasteiger partial charge >= 0.3 is 5.97 Å². The van der Waals surface area contributed by atoms with Gasteiger partial charge in [-0.05, 0) is 30.9 Å². The van der Waals surface area contributed by atoms with E-state index >= 15 is 0 Å². The molecule has 144 valence electrons.